The molecule has 0 spiro atoms. The zero-order valence-electron chi connectivity index (χ0n) is 11.6. The molecule has 1 saturated heterocycles. The Labute approximate surface area is 126 Å². The van der Waals surface area contributed by atoms with Crippen LogP contribution in [0.15, 0.2) is 18.3 Å². The van der Waals surface area contributed by atoms with Gasteiger partial charge in [-0.15, -0.1) is 0 Å². The van der Waals surface area contributed by atoms with E-state index in [0.717, 1.165) is 18.3 Å². The van der Waals surface area contributed by atoms with Crippen molar-refractivity contribution in [1.82, 2.24) is 9.29 Å². The molecule has 1 atom stereocenters. The van der Waals surface area contributed by atoms with Crippen molar-refractivity contribution >= 4 is 10.0 Å². The van der Waals surface area contributed by atoms with E-state index in [1.165, 1.54) is 4.31 Å². The van der Waals surface area contributed by atoms with Crippen molar-refractivity contribution in [3.05, 3.63) is 23.9 Å². The van der Waals surface area contributed by atoms with Gasteiger partial charge < -0.3 is 4.74 Å². The number of nitrogens with zero attached hydrogens (tertiary/aromatic N) is 2. The third-order valence-corrected chi connectivity index (χ3v) is 6.13. The lowest BCUT2D eigenvalue weighted by Gasteiger charge is -2.17. The molecule has 1 aromatic heterocycles. The topological polar surface area (TPSA) is 59.5 Å². The van der Waals surface area contributed by atoms with Crippen molar-refractivity contribution in [2.75, 3.05) is 13.1 Å². The molecule has 0 amide bonds. The average Bonchev–Trinajstić information content (AvgIpc) is 3.20. The van der Waals surface area contributed by atoms with Crippen LogP contribution < -0.4 is 4.74 Å². The predicted molar refractivity (Wildman–Crippen MR) is 71.8 cm³/mol. The molecule has 1 aliphatic heterocycles. The predicted octanol–water partition coefficient (Wildman–Crippen LogP) is 2.05. The van der Waals surface area contributed by atoms with Crippen LogP contribution in [0.3, 0.4) is 0 Å². The molecule has 22 heavy (non-hydrogen) atoms. The normalized spacial score (nSPS) is 23.7. The Kier molecular flexibility index (Phi) is 3.80. The van der Waals surface area contributed by atoms with Crippen molar-refractivity contribution in [2.24, 2.45) is 0 Å². The molecule has 2 fully saturated rings. The van der Waals surface area contributed by atoms with Crippen LogP contribution >= 0.6 is 0 Å². The van der Waals surface area contributed by atoms with E-state index in [9.17, 15) is 21.6 Å². The van der Waals surface area contributed by atoms with Gasteiger partial charge in [-0.1, -0.05) is 0 Å². The van der Waals surface area contributed by atoms with Crippen LogP contribution in [0, 0.1) is 0 Å². The minimum Gasteiger partial charge on any atom is -0.473 e. The average molecular weight is 336 g/mol. The molecule has 3 rings (SSSR count). The van der Waals surface area contributed by atoms with E-state index in [0.29, 0.717) is 25.8 Å². The molecule has 2 heterocycles. The Hall–Kier alpha value is -1.35. The summed E-state index contributed by atoms with van der Waals surface area (Å²) >= 11 is 0. The molecule has 1 aromatic rings. The fraction of sp³-hybridized carbons (Fsp3) is 0.615. The van der Waals surface area contributed by atoms with Crippen molar-refractivity contribution in [3.63, 3.8) is 0 Å². The molecule has 5 nitrogen and oxygen atoms in total. The molecule has 1 unspecified atom stereocenters. The summed E-state index contributed by atoms with van der Waals surface area (Å²) in [6, 6.07) is 1.70. The first kappa shape index (κ1) is 15.5. The lowest BCUT2D eigenvalue weighted by atomic mass is 10.2. The summed E-state index contributed by atoms with van der Waals surface area (Å²) in [4.78, 5) is 3.76. The molecule has 0 N–H and O–H groups in total. The summed E-state index contributed by atoms with van der Waals surface area (Å²) in [5, 5.41) is -0.294. The first-order valence-electron chi connectivity index (χ1n) is 6.95. The van der Waals surface area contributed by atoms with Crippen LogP contribution in [-0.2, 0) is 16.2 Å². The SMILES string of the molecule is O=S(=O)(C1CC1)N1CCC(Oc2cc(C(F)(F)F)ccn2)C1. The quantitative estimate of drug-likeness (QED) is 0.844. The maximum Gasteiger partial charge on any atom is 0.416 e. The second kappa shape index (κ2) is 5.38. The van der Waals surface area contributed by atoms with Gasteiger partial charge in [-0.3, -0.25) is 0 Å². The van der Waals surface area contributed by atoms with Gasteiger partial charge in [-0.25, -0.2) is 13.4 Å². The van der Waals surface area contributed by atoms with Crippen LogP contribution in [0.4, 0.5) is 13.2 Å². The van der Waals surface area contributed by atoms with Crippen LogP contribution in [0.1, 0.15) is 24.8 Å². The van der Waals surface area contributed by atoms with Gasteiger partial charge in [-0.05, 0) is 25.3 Å². The van der Waals surface area contributed by atoms with Crippen molar-refractivity contribution in [3.8, 4) is 5.88 Å². The highest BCUT2D eigenvalue weighted by molar-refractivity contribution is 7.90. The van der Waals surface area contributed by atoms with E-state index in [1.807, 2.05) is 0 Å². The Bertz CT molecular complexity index is 659. The summed E-state index contributed by atoms with van der Waals surface area (Å²) in [6.45, 7) is 0.499. The highest BCUT2D eigenvalue weighted by Gasteiger charge is 2.43. The zero-order chi connectivity index (χ0) is 16.0. The number of halogens is 3. The first-order chi connectivity index (χ1) is 10.3. The molecule has 1 saturated carbocycles. The van der Waals surface area contributed by atoms with E-state index in [1.54, 1.807) is 0 Å². The van der Waals surface area contributed by atoms with Crippen LogP contribution in [-0.4, -0.2) is 42.2 Å². The number of sulfonamides is 1. The van der Waals surface area contributed by atoms with Gasteiger partial charge >= 0.3 is 6.18 Å². The number of hydrogen-bond donors (Lipinski definition) is 0. The summed E-state index contributed by atoms with van der Waals surface area (Å²) in [5.74, 6) is -0.134. The molecule has 9 heteroatoms. The smallest absolute Gasteiger partial charge is 0.416 e. The third kappa shape index (κ3) is 3.19. The summed E-state index contributed by atoms with van der Waals surface area (Å²) in [7, 11) is -3.27. The minimum absolute atomic E-state index is 0.134. The highest BCUT2D eigenvalue weighted by Crippen LogP contribution is 2.34. The Morgan fingerprint density at radius 1 is 1.27 bits per heavy atom. The fourth-order valence-electron chi connectivity index (χ4n) is 2.42. The monoisotopic (exact) mass is 336 g/mol. The number of ether oxygens (including phenoxy) is 1. The molecule has 0 radical (unpaired) electrons. The Morgan fingerprint density at radius 2 is 2.00 bits per heavy atom. The summed E-state index contributed by atoms with van der Waals surface area (Å²) in [5.41, 5.74) is -0.835. The standard InChI is InChI=1S/C13H15F3N2O3S/c14-13(15,16)9-3-5-17-12(7-9)21-10-4-6-18(8-10)22(19,20)11-1-2-11/h3,5,7,10-11H,1-2,4,6,8H2. The first-order valence-corrected chi connectivity index (χ1v) is 8.46. The lowest BCUT2D eigenvalue weighted by Crippen LogP contribution is -2.33. The molecule has 122 valence electrons. The van der Waals surface area contributed by atoms with E-state index in [2.05, 4.69) is 4.98 Å². The van der Waals surface area contributed by atoms with E-state index in [4.69, 9.17) is 4.74 Å². The number of hydrogen-bond acceptors (Lipinski definition) is 4. The fourth-order valence-corrected chi connectivity index (χ4v) is 4.31. The maximum atomic E-state index is 12.6. The van der Waals surface area contributed by atoms with Crippen molar-refractivity contribution in [1.29, 1.82) is 0 Å². The number of aromatic nitrogens is 1. The van der Waals surface area contributed by atoms with E-state index >= 15 is 0 Å². The largest absolute Gasteiger partial charge is 0.473 e. The molecule has 1 aliphatic carbocycles. The van der Waals surface area contributed by atoms with Crippen molar-refractivity contribution < 1.29 is 26.3 Å². The maximum absolute atomic E-state index is 12.6. The molecule has 2 aliphatic rings. The van der Waals surface area contributed by atoms with Gasteiger partial charge in [0, 0.05) is 18.8 Å². The van der Waals surface area contributed by atoms with Gasteiger partial charge in [0.1, 0.15) is 6.10 Å². The molecule has 0 aromatic carbocycles. The number of alkyl halides is 3. The Balaban J connectivity index is 1.65. The Morgan fingerprint density at radius 3 is 2.64 bits per heavy atom. The van der Waals surface area contributed by atoms with Crippen molar-refractivity contribution in [2.45, 2.75) is 36.8 Å². The van der Waals surface area contributed by atoms with Gasteiger partial charge in [0.25, 0.3) is 0 Å². The van der Waals surface area contributed by atoms with Gasteiger partial charge in [0.05, 0.1) is 17.4 Å². The van der Waals surface area contributed by atoms with Gasteiger partial charge in [-0.2, -0.15) is 17.5 Å². The zero-order valence-corrected chi connectivity index (χ0v) is 12.4. The van der Waals surface area contributed by atoms with E-state index in [-0.39, 0.29) is 17.7 Å². The van der Waals surface area contributed by atoms with Crippen LogP contribution in [0.5, 0.6) is 5.88 Å². The molecule has 0 bridgehead atoms. The van der Waals surface area contributed by atoms with Gasteiger partial charge in [0.2, 0.25) is 15.9 Å². The second-order valence-electron chi connectivity index (χ2n) is 5.51. The van der Waals surface area contributed by atoms with Crippen LogP contribution in [0.25, 0.3) is 0 Å². The minimum atomic E-state index is -4.46. The van der Waals surface area contributed by atoms with Crippen LogP contribution in [0.2, 0.25) is 0 Å². The highest BCUT2D eigenvalue weighted by atomic mass is 32.2. The summed E-state index contributed by atoms with van der Waals surface area (Å²) < 4.78 is 68.8. The number of rotatable bonds is 4. The van der Waals surface area contributed by atoms with Gasteiger partial charge in [0.15, 0.2) is 0 Å². The molecular weight excluding hydrogens is 321 g/mol. The lowest BCUT2D eigenvalue weighted by molar-refractivity contribution is -0.137. The molecular formula is C13H15F3N2O3S. The van der Waals surface area contributed by atoms with E-state index < -0.39 is 27.9 Å². The third-order valence-electron chi connectivity index (χ3n) is 3.76. The second-order valence-corrected chi connectivity index (χ2v) is 7.72. The summed E-state index contributed by atoms with van der Waals surface area (Å²) in [6.07, 6.45) is -2.09. The number of pyridine rings is 1.